The zero-order valence-corrected chi connectivity index (χ0v) is 26.6. The minimum atomic E-state index is 0.596. The molecule has 0 aliphatic heterocycles. The molecule has 0 aromatic rings. The third-order valence-electron chi connectivity index (χ3n) is 14.0. The normalized spacial score (nSPS) is 39.0. The van der Waals surface area contributed by atoms with E-state index in [0.717, 1.165) is 72.9 Å². The Morgan fingerprint density at radius 2 is 1.15 bits per heavy atom. The summed E-state index contributed by atoms with van der Waals surface area (Å²) >= 11 is 0. The average molecular weight is 542 g/mol. The van der Waals surface area contributed by atoms with Crippen LogP contribution < -0.4 is 16.4 Å². The van der Waals surface area contributed by atoms with Crippen LogP contribution >= 0.6 is 0 Å². The Morgan fingerprint density at radius 3 is 1.62 bits per heavy atom. The quantitative estimate of drug-likeness (QED) is 0.173. The molecule has 6 unspecified atom stereocenters. The fraction of sp³-hybridized carbons (Fsp3) is 1.00. The van der Waals surface area contributed by atoms with E-state index in [0.29, 0.717) is 10.8 Å². The van der Waals surface area contributed by atoms with Gasteiger partial charge in [-0.3, -0.25) is 0 Å². The SMILES string of the molecule is CC1(C)C2CCC(C2)C1CCC(CCC1C2CCC(C2)C1(C)C)NCCC1CCC(CCNCCCN)CC1. The highest BCUT2D eigenvalue weighted by Crippen LogP contribution is 2.62. The first-order valence-electron chi connectivity index (χ1n) is 17.9. The summed E-state index contributed by atoms with van der Waals surface area (Å²) in [6, 6.07) is 0.755. The second kappa shape index (κ2) is 13.5. The molecule has 3 heteroatoms. The summed E-state index contributed by atoms with van der Waals surface area (Å²) in [5, 5.41) is 7.80. The smallest absolute Gasteiger partial charge is 0.00672 e. The van der Waals surface area contributed by atoms with Crippen molar-refractivity contribution in [3.63, 3.8) is 0 Å². The van der Waals surface area contributed by atoms with Gasteiger partial charge in [-0.2, -0.15) is 0 Å². The highest BCUT2D eigenvalue weighted by Gasteiger charge is 2.53. The first-order valence-corrected chi connectivity index (χ1v) is 17.9. The van der Waals surface area contributed by atoms with E-state index in [1.54, 1.807) is 12.8 Å². The third kappa shape index (κ3) is 7.10. The van der Waals surface area contributed by atoms with Crippen molar-refractivity contribution in [2.75, 3.05) is 26.2 Å². The molecule has 226 valence electrons. The molecule has 5 saturated carbocycles. The summed E-state index contributed by atoms with van der Waals surface area (Å²) in [4.78, 5) is 0. The van der Waals surface area contributed by atoms with Gasteiger partial charge in [0, 0.05) is 6.04 Å². The maximum atomic E-state index is 5.62. The third-order valence-corrected chi connectivity index (χ3v) is 14.0. The van der Waals surface area contributed by atoms with Gasteiger partial charge in [0.15, 0.2) is 0 Å². The van der Waals surface area contributed by atoms with Gasteiger partial charge < -0.3 is 16.4 Å². The van der Waals surface area contributed by atoms with E-state index >= 15 is 0 Å². The fourth-order valence-corrected chi connectivity index (χ4v) is 11.2. The number of rotatable bonds is 16. The molecule has 0 saturated heterocycles. The molecule has 0 heterocycles. The minimum Gasteiger partial charge on any atom is -0.330 e. The molecule has 5 aliphatic rings. The van der Waals surface area contributed by atoms with Gasteiger partial charge in [0.1, 0.15) is 0 Å². The van der Waals surface area contributed by atoms with Crippen molar-refractivity contribution in [2.24, 2.45) is 63.9 Å². The second-order valence-electron chi connectivity index (χ2n) is 16.6. The Hall–Kier alpha value is -0.120. The maximum Gasteiger partial charge on any atom is 0.00672 e. The number of hydrogen-bond donors (Lipinski definition) is 3. The van der Waals surface area contributed by atoms with E-state index in [9.17, 15) is 0 Å². The zero-order chi connectivity index (χ0) is 27.5. The molecule has 5 aliphatic carbocycles. The molecular formula is C36H67N3. The Balaban J connectivity index is 1.06. The molecule has 3 nitrogen and oxygen atoms in total. The minimum absolute atomic E-state index is 0.596. The van der Waals surface area contributed by atoms with Gasteiger partial charge in [-0.05, 0) is 168 Å². The van der Waals surface area contributed by atoms with Crippen LogP contribution in [0.5, 0.6) is 0 Å². The predicted octanol–water partition coefficient (Wildman–Crippen LogP) is 8.17. The van der Waals surface area contributed by atoms with Crippen LogP contribution in [-0.2, 0) is 0 Å². The monoisotopic (exact) mass is 542 g/mol. The van der Waals surface area contributed by atoms with Crippen molar-refractivity contribution in [3.8, 4) is 0 Å². The van der Waals surface area contributed by atoms with Crippen LogP contribution in [0.25, 0.3) is 0 Å². The molecule has 0 amide bonds. The van der Waals surface area contributed by atoms with Crippen LogP contribution in [0.2, 0.25) is 0 Å². The lowest BCUT2D eigenvalue weighted by atomic mass is 9.66. The number of hydrogen-bond acceptors (Lipinski definition) is 3. The molecule has 4 N–H and O–H groups in total. The molecule has 0 aromatic carbocycles. The molecule has 0 aromatic heterocycles. The van der Waals surface area contributed by atoms with Crippen molar-refractivity contribution in [1.29, 1.82) is 0 Å². The Labute approximate surface area is 243 Å². The standard InChI is InChI=1S/C36H67N3/c1-35(2)30-12-10-28(24-30)33(35)16-14-32(15-17-34-29-11-13-31(25-29)36(34,3)4)39-23-19-27-8-6-26(7-9-27)18-22-38-21-5-20-37/h26-34,38-39H,5-25,37H2,1-4H3. The highest BCUT2D eigenvalue weighted by molar-refractivity contribution is 5.03. The van der Waals surface area contributed by atoms with Crippen molar-refractivity contribution < 1.29 is 0 Å². The Bertz CT molecular complexity index is 696. The van der Waals surface area contributed by atoms with Crippen LogP contribution in [0.4, 0.5) is 0 Å². The Kier molecular flexibility index (Phi) is 10.5. The van der Waals surface area contributed by atoms with E-state index in [1.807, 2.05) is 0 Å². The van der Waals surface area contributed by atoms with Crippen molar-refractivity contribution in [3.05, 3.63) is 0 Å². The second-order valence-corrected chi connectivity index (χ2v) is 16.6. The topological polar surface area (TPSA) is 50.1 Å². The predicted molar refractivity (Wildman–Crippen MR) is 168 cm³/mol. The van der Waals surface area contributed by atoms with Gasteiger partial charge in [-0.1, -0.05) is 53.4 Å². The summed E-state index contributed by atoms with van der Waals surface area (Å²) < 4.78 is 0. The number of nitrogens with two attached hydrogens (primary N) is 1. The van der Waals surface area contributed by atoms with Gasteiger partial charge >= 0.3 is 0 Å². The van der Waals surface area contributed by atoms with Crippen molar-refractivity contribution in [1.82, 2.24) is 10.6 Å². The lowest BCUT2D eigenvalue weighted by Crippen LogP contribution is -2.37. The highest BCUT2D eigenvalue weighted by atomic mass is 14.9. The summed E-state index contributed by atoms with van der Waals surface area (Å²) in [6.45, 7) is 14.8. The van der Waals surface area contributed by atoms with Crippen molar-refractivity contribution >= 4 is 0 Å². The lowest BCUT2D eigenvalue weighted by Gasteiger charge is -2.40. The zero-order valence-electron chi connectivity index (χ0n) is 26.6. The van der Waals surface area contributed by atoms with Gasteiger partial charge in [0.2, 0.25) is 0 Å². The summed E-state index contributed by atoms with van der Waals surface area (Å²) in [6.07, 6.45) is 24.8. The molecule has 4 bridgehead atoms. The van der Waals surface area contributed by atoms with E-state index in [2.05, 4.69) is 38.3 Å². The lowest BCUT2D eigenvalue weighted by molar-refractivity contribution is 0.0993. The largest absolute Gasteiger partial charge is 0.330 e. The van der Waals surface area contributed by atoms with Gasteiger partial charge in [0.05, 0.1) is 0 Å². The van der Waals surface area contributed by atoms with Crippen LogP contribution in [0.1, 0.15) is 137 Å². The van der Waals surface area contributed by atoms with E-state index in [-0.39, 0.29) is 0 Å². The fourth-order valence-electron chi connectivity index (χ4n) is 11.2. The van der Waals surface area contributed by atoms with Crippen LogP contribution in [0.15, 0.2) is 0 Å². The molecule has 6 atom stereocenters. The maximum absolute atomic E-state index is 5.62. The molecule has 5 rings (SSSR count). The average Bonchev–Trinajstić information content (AvgIpc) is 3.68. The number of nitrogens with one attached hydrogen (secondary N) is 2. The van der Waals surface area contributed by atoms with E-state index in [4.69, 9.17) is 5.73 Å². The van der Waals surface area contributed by atoms with E-state index < -0.39 is 0 Å². The molecule has 0 radical (unpaired) electrons. The van der Waals surface area contributed by atoms with Gasteiger partial charge in [-0.25, -0.2) is 0 Å². The summed E-state index contributed by atoms with van der Waals surface area (Å²) in [5.41, 5.74) is 6.81. The first-order chi connectivity index (χ1) is 18.8. The van der Waals surface area contributed by atoms with Gasteiger partial charge in [-0.15, -0.1) is 0 Å². The Morgan fingerprint density at radius 1 is 0.641 bits per heavy atom. The number of fused-ring (bicyclic) bond motifs is 4. The summed E-state index contributed by atoms with van der Waals surface area (Å²) in [5.74, 6) is 8.02. The van der Waals surface area contributed by atoms with Crippen molar-refractivity contribution in [2.45, 2.75) is 143 Å². The van der Waals surface area contributed by atoms with Crippen LogP contribution in [0.3, 0.4) is 0 Å². The van der Waals surface area contributed by atoms with Crippen LogP contribution in [0, 0.1) is 58.2 Å². The van der Waals surface area contributed by atoms with Gasteiger partial charge in [0.25, 0.3) is 0 Å². The molecule has 5 fully saturated rings. The van der Waals surface area contributed by atoms with Crippen LogP contribution in [-0.4, -0.2) is 32.2 Å². The summed E-state index contributed by atoms with van der Waals surface area (Å²) in [7, 11) is 0. The molecule has 0 spiro atoms. The first kappa shape index (κ1) is 30.3. The van der Waals surface area contributed by atoms with E-state index in [1.165, 1.54) is 103 Å². The molecular weight excluding hydrogens is 474 g/mol. The molecule has 39 heavy (non-hydrogen) atoms.